The van der Waals surface area contributed by atoms with E-state index in [1.807, 2.05) is 0 Å². The van der Waals surface area contributed by atoms with Crippen LogP contribution in [-0.4, -0.2) is 31.3 Å². The van der Waals surface area contributed by atoms with Crippen molar-refractivity contribution in [2.24, 2.45) is 0 Å². The molecule has 0 aliphatic carbocycles. The van der Waals surface area contributed by atoms with Gasteiger partial charge in [0.2, 0.25) is 15.9 Å². The van der Waals surface area contributed by atoms with E-state index in [4.69, 9.17) is 0 Å². The molecule has 1 amide bonds. The van der Waals surface area contributed by atoms with Gasteiger partial charge in [-0.25, -0.2) is 13.4 Å². The highest BCUT2D eigenvalue weighted by Gasteiger charge is 2.30. The topological polar surface area (TPSA) is 76.1 Å². The van der Waals surface area contributed by atoms with E-state index in [0.717, 1.165) is 30.2 Å². The second kappa shape index (κ2) is 5.78. The fourth-order valence-electron chi connectivity index (χ4n) is 1.01. The van der Waals surface area contributed by atoms with E-state index in [2.05, 4.69) is 4.98 Å². The minimum absolute atomic E-state index is 0.191. The molecular formula is C9H9F3N2O3S2. The zero-order valence-corrected chi connectivity index (χ0v) is 11.2. The number of carbonyl (C=O) groups excluding carboxylic acids is 1. The number of sulfonamides is 1. The lowest BCUT2D eigenvalue weighted by atomic mass is 10.3. The predicted molar refractivity (Wildman–Crippen MR) is 62.9 cm³/mol. The first-order valence-electron chi connectivity index (χ1n) is 4.74. The molecule has 1 rings (SSSR count). The molecule has 0 saturated carbocycles. The summed E-state index contributed by atoms with van der Waals surface area (Å²) < 4.78 is 59.9. The van der Waals surface area contributed by atoms with Gasteiger partial charge in [-0.3, -0.25) is 9.52 Å². The highest BCUT2D eigenvalue weighted by atomic mass is 32.2. The van der Waals surface area contributed by atoms with Crippen molar-refractivity contribution >= 4 is 27.7 Å². The monoisotopic (exact) mass is 314 g/mol. The van der Waals surface area contributed by atoms with Crippen molar-refractivity contribution in [2.75, 3.05) is 12.0 Å². The van der Waals surface area contributed by atoms with Gasteiger partial charge >= 0.3 is 6.18 Å². The third-order valence-corrected chi connectivity index (χ3v) is 3.26. The molecule has 5 nitrogen and oxygen atoms in total. The fraction of sp³-hybridized carbons (Fsp3) is 0.333. The number of pyridine rings is 1. The van der Waals surface area contributed by atoms with Gasteiger partial charge < -0.3 is 0 Å². The van der Waals surface area contributed by atoms with Crippen LogP contribution in [0, 0.1) is 0 Å². The Labute approximate surface area is 111 Å². The number of nitrogens with one attached hydrogen (secondary N) is 1. The van der Waals surface area contributed by atoms with Crippen LogP contribution >= 0.6 is 11.8 Å². The molecule has 1 heterocycles. The first kappa shape index (κ1) is 15.8. The van der Waals surface area contributed by atoms with Crippen LogP contribution in [-0.2, 0) is 21.0 Å². The van der Waals surface area contributed by atoms with Crippen LogP contribution in [0.15, 0.2) is 23.4 Å². The normalized spacial score (nSPS) is 12.2. The zero-order chi connectivity index (χ0) is 14.7. The maximum atomic E-state index is 12.2. The Hall–Kier alpha value is -1.29. The lowest BCUT2D eigenvalue weighted by Crippen LogP contribution is -2.30. The fourth-order valence-corrected chi connectivity index (χ4v) is 2.23. The van der Waals surface area contributed by atoms with Gasteiger partial charge in [0.25, 0.3) is 0 Å². The minimum atomic E-state index is -4.47. The predicted octanol–water partition coefficient (Wildman–Crippen LogP) is 1.27. The van der Waals surface area contributed by atoms with Gasteiger partial charge in [0.05, 0.1) is 22.6 Å². The van der Waals surface area contributed by atoms with E-state index in [1.54, 1.807) is 4.72 Å². The molecule has 0 aromatic carbocycles. The average molecular weight is 314 g/mol. The standard InChI is InChI=1S/C9H9F3N2O3S2/c1-19(16,17)14-7(15)5-18-8-3-2-6(4-13-8)9(10,11)12/h2-4H,5H2,1H3,(H,14,15). The van der Waals surface area contributed by atoms with E-state index in [1.165, 1.54) is 0 Å². The number of aromatic nitrogens is 1. The van der Waals surface area contributed by atoms with Crippen LogP contribution < -0.4 is 4.72 Å². The van der Waals surface area contributed by atoms with Crippen molar-refractivity contribution in [3.05, 3.63) is 23.9 Å². The SMILES string of the molecule is CS(=O)(=O)NC(=O)CSc1ccc(C(F)(F)F)cn1. The molecule has 0 fully saturated rings. The van der Waals surface area contributed by atoms with E-state index >= 15 is 0 Å². The summed E-state index contributed by atoms with van der Waals surface area (Å²) in [5.41, 5.74) is -0.891. The quantitative estimate of drug-likeness (QED) is 0.847. The van der Waals surface area contributed by atoms with Gasteiger partial charge in [0.1, 0.15) is 0 Å². The molecule has 106 valence electrons. The molecule has 0 aliphatic rings. The van der Waals surface area contributed by atoms with Gasteiger partial charge in [-0.1, -0.05) is 11.8 Å². The zero-order valence-electron chi connectivity index (χ0n) is 9.56. The molecule has 0 saturated heterocycles. The lowest BCUT2D eigenvalue weighted by molar-refractivity contribution is -0.137. The molecule has 0 aliphatic heterocycles. The molecule has 19 heavy (non-hydrogen) atoms. The first-order chi connectivity index (χ1) is 8.58. The third-order valence-electron chi connectivity index (χ3n) is 1.71. The number of nitrogens with zero attached hydrogens (tertiary/aromatic N) is 1. The number of amides is 1. The number of thioether (sulfide) groups is 1. The van der Waals surface area contributed by atoms with Crippen molar-refractivity contribution in [3.8, 4) is 0 Å². The highest BCUT2D eigenvalue weighted by Crippen LogP contribution is 2.29. The smallest absolute Gasteiger partial charge is 0.273 e. The van der Waals surface area contributed by atoms with Crippen molar-refractivity contribution in [2.45, 2.75) is 11.2 Å². The number of rotatable bonds is 4. The minimum Gasteiger partial charge on any atom is -0.273 e. The summed E-state index contributed by atoms with van der Waals surface area (Å²) in [6.07, 6.45) is -2.99. The Bertz CT molecular complexity index is 555. The molecule has 1 aromatic heterocycles. The number of alkyl halides is 3. The largest absolute Gasteiger partial charge is 0.417 e. The summed E-state index contributed by atoms with van der Waals surface area (Å²) in [4.78, 5) is 14.7. The van der Waals surface area contributed by atoms with Gasteiger partial charge in [0, 0.05) is 6.20 Å². The molecule has 1 N–H and O–H groups in total. The van der Waals surface area contributed by atoms with E-state index in [0.29, 0.717) is 6.20 Å². The maximum absolute atomic E-state index is 12.2. The summed E-state index contributed by atoms with van der Waals surface area (Å²) in [6.45, 7) is 0. The van der Waals surface area contributed by atoms with Crippen LogP contribution in [0.4, 0.5) is 13.2 Å². The van der Waals surface area contributed by atoms with Gasteiger partial charge in [-0.2, -0.15) is 13.2 Å². The number of hydrogen-bond acceptors (Lipinski definition) is 5. The molecule has 0 spiro atoms. The molecular weight excluding hydrogens is 305 g/mol. The van der Waals surface area contributed by atoms with Gasteiger partial charge in [-0.15, -0.1) is 0 Å². The van der Waals surface area contributed by atoms with Crippen molar-refractivity contribution < 1.29 is 26.4 Å². The van der Waals surface area contributed by atoms with Crippen LogP contribution in [0.1, 0.15) is 5.56 Å². The molecule has 10 heteroatoms. The van der Waals surface area contributed by atoms with Crippen LogP contribution in [0.25, 0.3) is 0 Å². The van der Waals surface area contributed by atoms with E-state index in [-0.39, 0.29) is 10.8 Å². The summed E-state index contributed by atoms with van der Waals surface area (Å²) in [7, 11) is -3.64. The Morgan fingerprint density at radius 1 is 1.42 bits per heavy atom. The first-order valence-corrected chi connectivity index (χ1v) is 7.62. The van der Waals surface area contributed by atoms with Gasteiger partial charge in [0.15, 0.2) is 0 Å². The molecule has 0 radical (unpaired) electrons. The van der Waals surface area contributed by atoms with E-state index < -0.39 is 27.7 Å². The van der Waals surface area contributed by atoms with Crippen LogP contribution in [0.2, 0.25) is 0 Å². The number of carbonyl (C=O) groups is 1. The lowest BCUT2D eigenvalue weighted by Gasteiger charge is -2.06. The Kier molecular flexibility index (Phi) is 4.80. The molecule has 0 unspecified atom stereocenters. The molecule has 1 aromatic rings. The Morgan fingerprint density at radius 2 is 2.05 bits per heavy atom. The second-order valence-corrected chi connectivity index (χ2v) is 6.21. The third kappa shape index (κ3) is 5.92. The second-order valence-electron chi connectivity index (χ2n) is 3.47. The van der Waals surface area contributed by atoms with Crippen LogP contribution in [0.3, 0.4) is 0 Å². The summed E-state index contributed by atoms with van der Waals surface area (Å²) in [6, 6.07) is 1.95. The Balaban J connectivity index is 2.58. The average Bonchev–Trinajstić information content (AvgIpc) is 2.23. The molecule has 0 bridgehead atoms. The Morgan fingerprint density at radius 3 is 2.47 bits per heavy atom. The summed E-state index contributed by atoms with van der Waals surface area (Å²) >= 11 is 0.834. The maximum Gasteiger partial charge on any atom is 0.417 e. The molecule has 0 atom stereocenters. The van der Waals surface area contributed by atoms with Gasteiger partial charge in [-0.05, 0) is 12.1 Å². The number of halogens is 3. The summed E-state index contributed by atoms with van der Waals surface area (Å²) in [5.74, 6) is -1.03. The van der Waals surface area contributed by atoms with E-state index in [9.17, 15) is 26.4 Å². The van der Waals surface area contributed by atoms with Crippen molar-refractivity contribution in [3.63, 3.8) is 0 Å². The highest BCUT2D eigenvalue weighted by molar-refractivity contribution is 8.00. The number of hydrogen-bond donors (Lipinski definition) is 1. The summed E-state index contributed by atoms with van der Waals surface area (Å²) in [5, 5.41) is 0.191. The van der Waals surface area contributed by atoms with Crippen LogP contribution in [0.5, 0.6) is 0 Å². The van der Waals surface area contributed by atoms with Crippen molar-refractivity contribution in [1.82, 2.24) is 9.71 Å². The van der Waals surface area contributed by atoms with Crippen molar-refractivity contribution in [1.29, 1.82) is 0 Å².